The molecular weight excluding hydrogens is 542 g/mol. The quantitative estimate of drug-likeness (QED) is 0.207. The zero-order valence-corrected chi connectivity index (χ0v) is 24.9. The highest BCUT2D eigenvalue weighted by atomic mass is 16.6. The lowest BCUT2D eigenvalue weighted by molar-refractivity contribution is -0.384. The lowest BCUT2D eigenvalue weighted by Crippen LogP contribution is -2.57. The summed E-state index contributed by atoms with van der Waals surface area (Å²) in [5.74, 6) is -1.56. The summed E-state index contributed by atoms with van der Waals surface area (Å²) in [4.78, 5) is 62.1. The fraction of sp³-hybridized carbons (Fsp3) is 0.467. The Morgan fingerprint density at radius 2 is 1.40 bits per heavy atom. The van der Waals surface area contributed by atoms with Crippen molar-refractivity contribution in [2.45, 2.75) is 84.7 Å². The Balaban J connectivity index is 2.07. The van der Waals surface area contributed by atoms with E-state index in [0.29, 0.717) is 12.0 Å². The summed E-state index contributed by atoms with van der Waals surface area (Å²) in [6.45, 7) is 10.6. The molecule has 2 rings (SSSR count). The molecule has 0 heterocycles. The molecule has 0 radical (unpaired) electrons. The van der Waals surface area contributed by atoms with Gasteiger partial charge in [-0.05, 0) is 51.2 Å². The smallest absolute Gasteiger partial charge is 0.408 e. The zero-order chi connectivity index (χ0) is 31.4. The van der Waals surface area contributed by atoms with Crippen molar-refractivity contribution in [3.63, 3.8) is 0 Å². The summed E-state index contributed by atoms with van der Waals surface area (Å²) in [6, 6.07) is 12.0. The first-order chi connectivity index (χ1) is 19.6. The normalized spacial score (nSPS) is 13.3. The van der Waals surface area contributed by atoms with Crippen molar-refractivity contribution in [1.29, 1.82) is 0 Å². The number of non-ortho nitro benzene ring substituents is 1. The first-order valence-electron chi connectivity index (χ1n) is 13.8. The van der Waals surface area contributed by atoms with Crippen LogP contribution in [0.15, 0.2) is 54.6 Å². The Morgan fingerprint density at radius 1 is 0.810 bits per heavy atom. The molecule has 2 aromatic rings. The summed E-state index contributed by atoms with van der Waals surface area (Å²) < 4.78 is 5.34. The van der Waals surface area contributed by atoms with Gasteiger partial charge in [0.25, 0.3) is 5.69 Å². The maximum Gasteiger partial charge on any atom is 0.408 e. The van der Waals surface area contributed by atoms with Crippen LogP contribution in [0.3, 0.4) is 0 Å². The third-order valence-corrected chi connectivity index (χ3v) is 6.00. The molecule has 0 fully saturated rings. The van der Waals surface area contributed by atoms with Crippen molar-refractivity contribution >= 4 is 29.5 Å². The molecule has 0 bridgehead atoms. The number of ether oxygens (including phenoxy) is 1. The van der Waals surface area contributed by atoms with Crippen LogP contribution in [0.4, 0.5) is 10.5 Å². The Hall–Kier alpha value is -4.48. The summed E-state index contributed by atoms with van der Waals surface area (Å²) >= 11 is 0. The first kappa shape index (κ1) is 33.7. The molecule has 0 aliphatic carbocycles. The molecule has 0 unspecified atom stereocenters. The van der Waals surface area contributed by atoms with Crippen molar-refractivity contribution in [2.75, 3.05) is 0 Å². The monoisotopic (exact) mass is 583 g/mol. The molecule has 0 saturated heterocycles. The number of benzene rings is 2. The van der Waals surface area contributed by atoms with E-state index < -0.39 is 52.5 Å². The van der Waals surface area contributed by atoms with E-state index in [9.17, 15) is 29.3 Å². The molecule has 0 aliphatic rings. The minimum Gasteiger partial charge on any atom is -0.444 e. The third-order valence-electron chi connectivity index (χ3n) is 6.00. The summed E-state index contributed by atoms with van der Waals surface area (Å²) in [5, 5.41) is 21.5. The lowest BCUT2D eigenvalue weighted by atomic mass is 10.0. The maximum atomic E-state index is 13.4. The molecule has 12 nitrogen and oxygen atoms in total. The number of hydrogen-bond acceptors (Lipinski definition) is 7. The van der Waals surface area contributed by atoms with E-state index in [2.05, 4.69) is 21.3 Å². The molecule has 4 N–H and O–H groups in total. The Morgan fingerprint density at radius 3 is 1.95 bits per heavy atom. The van der Waals surface area contributed by atoms with Crippen LogP contribution in [0.5, 0.6) is 0 Å². The predicted octanol–water partition coefficient (Wildman–Crippen LogP) is 3.38. The van der Waals surface area contributed by atoms with Gasteiger partial charge < -0.3 is 26.0 Å². The van der Waals surface area contributed by atoms with Gasteiger partial charge in [-0.1, -0.05) is 56.3 Å². The van der Waals surface area contributed by atoms with Crippen LogP contribution in [0.25, 0.3) is 0 Å². The number of nitro benzene ring substituents is 1. The minimum absolute atomic E-state index is 0.0266. The van der Waals surface area contributed by atoms with Crippen molar-refractivity contribution in [2.24, 2.45) is 5.92 Å². The highest BCUT2D eigenvalue weighted by molar-refractivity contribution is 5.93. The largest absolute Gasteiger partial charge is 0.444 e. The zero-order valence-electron chi connectivity index (χ0n) is 24.9. The maximum absolute atomic E-state index is 13.4. The second-order valence-corrected chi connectivity index (χ2v) is 11.5. The van der Waals surface area contributed by atoms with Crippen molar-refractivity contribution in [1.82, 2.24) is 21.3 Å². The molecule has 3 atom stereocenters. The van der Waals surface area contributed by atoms with E-state index in [4.69, 9.17) is 4.74 Å². The Labute approximate surface area is 246 Å². The molecule has 42 heavy (non-hydrogen) atoms. The van der Waals surface area contributed by atoms with Gasteiger partial charge in [-0.15, -0.1) is 0 Å². The number of carbonyl (C=O) groups excluding carboxylic acids is 4. The van der Waals surface area contributed by atoms with Gasteiger partial charge in [0.15, 0.2) is 0 Å². The number of alkyl carbamates (subject to hydrolysis) is 1. The third kappa shape index (κ3) is 11.9. The van der Waals surface area contributed by atoms with Gasteiger partial charge in [-0.25, -0.2) is 4.79 Å². The van der Waals surface area contributed by atoms with Gasteiger partial charge in [0.2, 0.25) is 17.7 Å². The average Bonchev–Trinajstić information content (AvgIpc) is 2.90. The van der Waals surface area contributed by atoms with E-state index in [1.54, 1.807) is 20.8 Å². The lowest BCUT2D eigenvalue weighted by Gasteiger charge is -2.26. The van der Waals surface area contributed by atoms with Crippen molar-refractivity contribution < 1.29 is 28.8 Å². The predicted molar refractivity (Wildman–Crippen MR) is 157 cm³/mol. The van der Waals surface area contributed by atoms with Gasteiger partial charge in [0, 0.05) is 25.1 Å². The van der Waals surface area contributed by atoms with E-state index >= 15 is 0 Å². The molecule has 12 heteroatoms. The molecular formula is C30H41N5O7. The molecule has 2 aromatic carbocycles. The van der Waals surface area contributed by atoms with Gasteiger partial charge in [0.05, 0.1) is 4.92 Å². The Kier molecular flexibility index (Phi) is 12.4. The topological polar surface area (TPSA) is 169 Å². The molecule has 0 aliphatic heterocycles. The SMILES string of the molecule is CC(C)C[C@H](NC(=O)[C@H](Cc1ccccc1)NC(=O)OC(C)(C)C)C(=O)N[C@@H](C)C(=O)NCc1ccc([N+](=O)[O-])cc1. The second-order valence-electron chi connectivity index (χ2n) is 11.5. The molecule has 228 valence electrons. The van der Waals surface area contributed by atoms with Gasteiger partial charge >= 0.3 is 6.09 Å². The standard InChI is InChI=1S/C30H41N5O7/c1-19(2)16-24(27(37)32-20(3)26(36)31-18-22-12-14-23(15-13-22)35(40)41)33-28(38)25(17-21-10-8-7-9-11-21)34-29(39)42-30(4,5)6/h7-15,19-20,24-25H,16-18H2,1-6H3,(H,31,36)(H,32,37)(H,33,38)(H,34,39)/t20-,24-,25-/m0/s1. The van der Waals surface area contributed by atoms with E-state index in [1.807, 2.05) is 44.2 Å². The van der Waals surface area contributed by atoms with E-state index in [1.165, 1.54) is 31.2 Å². The van der Waals surface area contributed by atoms with Crippen LogP contribution < -0.4 is 21.3 Å². The highest BCUT2D eigenvalue weighted by Crippen LogP contribution is 2.13. The van der Waals surface area contributed by atoms with Crippen LogP contribution >= 0.6 is 0 Å². The number of rotatable bonds is 13. The summed E-state index contributed by atoms with van der Waals surface area (Å²) in [7, 11) is 0. The van der Waals surface area contributed by atoms with Gasteiger partial charge in [-0.3, -0.25) is 24.5 Å². The van der Waals surface area contributed by atoms with Crippen molar-refractivity contribution in [3.05, 3.63) is 75.8 Å². The summed E-state index contributed by atoms with van der Waals surface area (Å²) in [6.07, 6.45) is -0.301. The number of nitrogens with one attached hydrogen (secondary N) is 4. The Bertz CT molecular complexity index is 1230. The van der Waals surface area contributed by atoms with E-state index in [0.717, 1.165) is 5.56 Å². The summed E-state index contributed by atoms with van der Waals surface area (Å²) in [5.41, 5.74) is 0.625. The average molecular weight is 584 g/mol. The number of nitro groups is 1. The molecule has 0 saturated carbocycles. The highest BCUT2D eigenvalue weighted by Gasteiger charge is 2.30. The fourth-order valence-electron chi connectivity index (χ4n) is 3.94. The van der Waals surface area contributed by atoms with Crippen LogP contribution in [0.1, 0.15) is 59.1 Å². The molecule has 4 amide bonds. The van der Waals surface area contributed by atoms with Crippen LogP contribution in [-0.4, -0.2) is 52.5 Å². The molecule has 0 aromatic heterocycles. The van der Waals surface area contributed by atoms with Crippen molar-refractivity contribution in [3.8, 4) is 0 Å². The number of amides is 4. The van der Waals surface area contributed by atoms with Crippen LogP contribution in [0, 0.1) is 16.0 Å². The van der Waals surface area contributed by atoms with Crippen LogP contribution in [-0.2, 0) is 32.1 Å². The first-order valence-corrected chi connectivity index (χ1v) is 13.8. The number of nitrogens with zero attached hydrogens (tertiary/aromatic N) is 1. The van der Waals surface area contributed by atoms with E-state index in [-0.39, 0.29) is 24.6 Å². The van der Waals surface area contributed by atoms with Gasteiger partial charge in [0.1, 0.15) is 23.7 Å². The molecule has 0 spiro atoms. The fourth-order valence-corrected chi connectivity index (χ4v) is 3.94. The van der Waals surface area contributed by atoms with Gasteiger partial charge in [-0.2, -0.15) is 0 Å². The second kappa shape index (κ2) is 15.5. The number of hydrogen-bond donors (Lipinski definition) is 4. The number of carbonyl (C=O) groups is 4. The van der Waals surface area contributed by atoms with Crippen LogP contribution in [0.2, 0.25) is 0 Å². The minimum atomic E-state index is -1.02.